The van der Waals surface area contributed by atoms with Gasteiger partial charge < -0.3 is 0 Å². The van der Waals surface area contributed by atoms with Crippen LogP contribution in [0.15, 0.2) is 33.2 Å². The van der Waals surface area contributed by atoms with Crippen molar-refractivity contribution >= 4 is 55.4 Å². The van der Waals surface area contributed by atoms with Crippen molar-refractivity contribution in [3.63, 3.8) is 0 Å². The molecule has 0 amide bonds. The quantitative estimate of drug-likeness (QED) is 0.564. The molecule has 1 aromatic carbocycles. The summed E-state index contributed by atoms with van der Waals surface area (Å²) in [6, 6.07) is 9.02. The summed E-state index contributed by atoms with van der Waals surface area (Å²) in [5.74, 6) is 3.78. The number of allylic oxidation sites excluding steroid dienone is 1. The van der Waals surface area contributed by atoms with E-state index in [-0.39, 0.29) is 4.08 Å². The molecule has 94 valence electrons. The lowest BCUT2D eigenvalue weighted by atomic mass is 9.91. The number of hydrogen-bond acceptors (Lipinski definition) is 2. The Bertz CT molecular complexity index is 546. The average Bonchev–Trinajstić information content (AvgIpc) is 3.00. The molecule has 0 unspecified atom stereocenters. The molecule has 1 aromatic rings. The van der Waals surface area contributed by atoms with Crippen molar-refractivity contribution in [2.24, 2.45) is 0 Å². The van der Waals surface area contributed by atoms with E-state index in [0.29, 0.717) is 11.8 Å². The zero-order valence-electron chi connectivity index (χ0n) is 9.66. The minimum atomic E-state index is 0.238. The number of benzene rings is 1. The fourth-order valence-corrected chi connectivity index (χ4v) is 9.14. The standard InChI is InChI=1S/C14H12Br2S2/c15-12-10-7-11(9-4-2-1-3-8(9)10)14(13(12)16)17-5-6-18-14/h1-4,10-11H,5-7H2/t10-,11-/m1/s1. The molecule has 1 aliphatic heterocycles. The molecule has 0 radical (unpaired) electrons. The molecule has 4 heteroatoms. The van der Waals surface area contributed by atoms with Crippen LogP contribution in [0.4, 0.5) is 0 Å². The summed E-state index contributed by atoms with van der Waals surface area (Å²) in [7, 11) is 0. The van der Waals surface area contributed by atoms with Gasteiger partial charge in [0.2, 0.25) is 0 Å². The van der Waals surface area contributed by atoms with Crippen LogP contribution < -0.4 is 0 Å². The fourth-order valence-electron chi connectivity index (χ4n) is 3.46. The van der Waals surface area contributed by atoms with Gasteiger partial charge in [-0.25, -0.2) is 0 Å². The Morgan fingerprint density at radius 2 is 1.72 bits per heavy atom. The second-order valence-corrected chi connectivity index (χ2v) is 9.58. The molecule has 0 aromatic heterocycles. The van der Waals surface area contributed by atoms with Crippen LogP contribution in [0.1, 0.15) is 29.4 Å². The number of rotatable bonds is 0. The molecule has 2 atom stereocenters. The van der Waals surface area contributed by atoms with Gasteiger partial charge in [-0.2, -0.15) is 0 Å². The van der Waals surface area contributed by atoms with Crippen molar-refractivity contribution in [2.45, 2.75) is 22.3 Å². The highest BCUT2D eigenvalue weighted by molar-refractivity contribution is 9.14. The van der Waals surface area contributed by atoms with Crippen molar-refractivity contribution in [1.82, 2.24) is 0 Å². The van der Waals surface area contributed by atoms with Gasteiger partial charge in [0, 0.05) is 32.3 Å². The smallest absolute Gasteiger partial charge is 0.100 e. The topological polar surface area (TPSA) is 0 Å². The molecule has 0 N–H and O–H groups in total. The van der Waals surface area contributed by atoms with E-state index in [2.05, 4.69) is 79.6 Å². The predicted molar refractivity (Wildman–Crippen MR) is 89.1 cm³/mol. The van der Waals surface area contributed by atoms with Crippen LogP contribution in [-0.4, -0.2) is 15.6 Å². The Hall–Kier alpha value is 0.620. The summed E-state index contributed by atoms with van der Waals surface area (Å²) in [6.07, 6.45) is 1.27. The first-order valence-corrected chi connectivity index (χ1v) is 9.72. The first-order valence-electron chi connectivity index (χ1n) is 6.16. The van der Waals surface area contributed by atoms with Crippen molar-refractivity contribution in [1.29, 1.82) is 0 Å². The average molecular weight is 404 g/mol. The van der Waals surface area contributed by atoms with E-state index in [0.717, 1.165) is 0 Å². The molecule has 0 saturated carbocycles. The van der Waals surface area contributed by atoms with Crippen LogP contribution in [0.5, 0.6) is 0 Å². The molecule has 1 spiro atoms. The zero-order chi connectivity index (χ0) is 12.3. The summed E-state index contributed by atoms with van der Waals surface area (Å²) in [6.45, 7) is 0. The van der Waals surface area contributed by atoms with Gasteiger partial charge >= 0.3 is 0 Å². The van der Waals surface area contributed by atoms with Gasteiger partial charge in [-0.1, -0.05) is 56.1 Å². The van der Waals surface area contributed by atoms with Gasteiger partial charge in [-0.3, -0.25) is 0 Å². The lowest BCUT2D eigenvalue weighted by Crippen LogP contribution is -2.29. The SMILES string of the molecule is BrC1=C(Br)C2(SCCS2)[C@@H]2C[C@@H]1c1ccccc12. The van der Waals surface area contributed by atoms with Crippen LogP contribution in [0, 0.1) is 0 Å². The van der Waals surface area contributed by atoms with E-state index in [1.54, 1.807) is 5.56 Å². The van der Waals surface area contributed by atoms with Crippen molar-refractivity contribution in [3.8, 4) is 0 Å². The summed E-state index contributed by atoms with van der Waals surface area (Å²) in [4.78, 5) is 0. The second kappa shape index (κ2) is 4.31. The zero-order valence-corrected chi connectivity index (χ0v) is 14.5. The molecule has 4 rings (SSSR count). The first-order chi connectivity index (χ1) is 8.74. The maximum Gasteiger partial charge on any atom is 0.100 e. The number of fused-ring (bicyclic) bond motifs is 6. The molecule has 3 aliphatic rings. The van der Waals surface area contributed by atoms with E-state index in [9.17, 15) is 0 Å². The van der Waals surface area contributed by atoms with E-state index in [1.807, 2.05) is 0 Å². The fraction of sp³-hybridized carbons (Fsp3) is 0.429. The predicted octanol–water partition coefficient (Wildman–Crippen LogP) is 5.45. The van der Waals surface area contributed by atoms with Crippen molar-refractivity contribution < 1.29 is 0 Å². The summed E-state index contributed by atoms with van der Waals surface area (Å²) in [5, 5.41) is 0. The van der Waals surface area contributed by atoms with Crippen molar-refractivity contribution in [3.05, 3.63) is 44.4 Å². The maximum atomic E-state index is 3.91. The van der Waals surface area contributed by atoms with Gasteiger partial charge in [-0.05, 0) is 17.5 Å². The first kappa shape index (κ1) is 12.4. The van der Waals surface area contributed by atoms with E-state index in [4.69, 9.17) is 0 Å². The molecule has 2 aliphatic carbocycles. The Kier molecular flexibility index (Phi) is 2.96. The molecular formula is C14H12Br2S2. The van der Waals surface area contributed by atoms with Crippen LogP contribution in [0.3, 0.4) is 0 Å². The Balaban J connectivity index is 1.97. The minimum absolute atomic E-state index is 0.238. The molecule has 1 saturated heterocycles. The van der Waals surface area contributed by atoms with E-state index in [1.165, 1.54) is 32.5 Å². The highest BCUT2D eigenvalue weighted by Gasteiger charge is 2.55. The number of hydrogen-bond donors (Lipinski definition) is 0. The number of halogens is 2. The lowest BCUT2D eigenvalue weighted by Gasteiger charge is -2.38. The largest absolute Gasteiger partial charge is 0.137 e. The van der Waals surface area contributed by atoms with E-state index < -0.39 is 0 Å². The Labute approximate surface area is 133 Å². The molecular weight excluding hydrogens is 392 g/mol. The number of thioether (sulfide) groups is 2. The van der Waals surface area contributed by atoms with Gasteiger partial charge in [0.05, 0.1) is 0 Å². The van der Waals surface area contributed by atoms with Crippen molar-refractivity contribution in [2.75, 3.05) is 11.5 Å². The molecule has 1 fully saturated rings. The molecule has 2 bridgehead atoms. The highest BCUT2D eigenvalue weighted by Crippen LogP contribution is 2.69. The van der Waals surface area contributed by atoms with Gasteiger partial charge in [0.15, 0.2) is 0 Å². The lowest BCUT2D eigenvalue weighted by molar-refractivity contribution is 0.607. The summed E-state index contributed by atoms with van der Waals surface area (Å²) in [5.41, 5.74) is 3.12. The van der Waals surface area contributed by atoms with Crippen LogP contribution in [0.25, 0.3) is 0 Å². The second-order valence-electron chi connectivity index (χ2n) is 5.00. The third-order valence-corrected chi connectivity index (χ3v) is 10.9. The van der Waals surface area contributed by atoms with Gasteiger partial charge in [-0.15, -0.1) is 23.5 Å². The monoisotopic (exact) mass is 402 g/mol. The molecule has 1 heterocycles. The third kappa shape index (κ3) is 1.46. The van der Waals surface area contributed by atoms with E-state index >= 15 is 0 Å². The van der Waals surface area contributed by atoms with Gasteiger partial charge in [0.1, 0.15) is 4.08 Å². The Morgan fingerprint density at radius 3 is 2.44 bits per heavy atom. The van der Waals surface area contributed by atoms with Crippen LogP contribution >= 0.6 is 55.4 Å². The van der Waals surface area contributed by atoms with Crippen LogP contribution in [0.2, 0.25) is 0 Å². The third-order valence-electron chi connectivity index (χ3n) is 4.21. The molecule has 18 heavy (non-hydrogen) atoms. The maximum absolute atomic E-state index is 3.91. The van der Waals surface area contributed by atoms with Crippen LogP contribution in [-0.2, 0) is 0 Å². The summed E-state index contributed by atoms with van der Waals surface area (Å²) >= 11 is 12.0. The minimum Gasteiger partial charge on any atom is -0.137 e. The van der Waals surface area contributed by atoms with Gasteiger partial charge in [0.25, 0.3) is 0 Å². The normalized spacial score (nSPS) is 32.1. The highest BCUT2D eigenvalue weighted by atomic mass is 79.9. The molecule has 0 nitrogen and oxygen atoms in total. The summed E-state index contributed by atoms with van der Waals surface area (Å²) < 4.78 is 3.02. The Morgan fingerprint density at radius 1 is 1.06 bits per heavy atom.